The average molecular weight is 174 g/mol. The Balaban J connectivity index is 2.33. The molecular formula is C8H18N2O2. The second kappa shape index (κ2) is 4.77. The molecule has 0 bridgehead atoms. The molecule has 0 aromatic rings. The lowest BCUT2D eigenvalue weighted by Crippen LogP contribution is -2.48. The van der Waals surface area contributed by atoms with Gasteiger partial charge in [-0.25, -0.2) is 0 Å². The highest BCUT2D eigenvalue weighted by atomic mass is 16.7. The molecule has 0 amide bonds. The van der Waals surface area contributed by atoms with Gasteiger partial charge in [0.05, 0.1) is 6.10 Å². The standard InChI is InChI=1S/C8H18N2O2/c1-2-11-8-4-3-6(10)7(5-9)12-8/h6-8H,2-5,9-10H2,1H3/t6-,7-,8+/m1/s1. The molecule has 0 radical (unpaired) electrons. The van der Waals surface area contributed by atoms with Gasteiger partial charge < -0.3 is 20.9 Å². The fraction of sp³-hybridized carbons (Fsp3) is 1.00. The summed E-state index contributed by atoms with van der Waals surface area (Å²) in [5, 5.41) is 0. The highest BCUT2D eigenvalue weighted by Gasteiger charge is 2.27. The Morgan fingerprint density at radius 1 is 1.50 bits per heavy atom. The number of hydrogen-bond acceptors (Lipinski definition) is 4. The van der Waals surface area contributed by atoms with Crippen molar-refractivity contribution in [3.8, 4) is 0 Å². The summed E-state index contributed by atoms with van der Waals surface area (Å²) in [5.41, 5.74) is 11.3. The lowest BCUT2D eigenvalue weighted by Gasteiger charge is -2.33. The molecule has 4 nitrogen and oxygen atoms in total. The molecule has 1 aliphatic heterocycles. The number of rotatable bonds is 3. The first-order valence-corrected chi connectivity index (χ1v) is 4.50. The van der Waals surface area contributed by atoms with E-state index in [4.69, 9.17) is 20.9 Å². The van der Waals surface area contributed by atoms with E-state index in [2.05, 4.69) is 0 Å². The Bertz CT molecular complexity index is 132. The van der Waals surface area contributed by atoms with Crippen LogP contribution in [0.25, 0.3) is 0 Å². The molecule has 12 heavy (non-hydrogen) atoms. The maximum Gasteiger partial charge on any atom is 0.158 e. The maximum atomic E-state index is 5.79. The molecule has 0 aliphatic carbocycles. The zero-order chi connectivity index (χ0) is 8.97. The third-order valence-electron chi connectivity index (χ3n) is 2.12. The number of ether oxygens (including phenoxy) is 2. The highest BCUT2D eigenvalue weighted by Crippen LogP contribution is 2.18. The topological polar surface area (TPSA) is 70.5 Å². The molecular weight excluding hydrogens is 156 g/mol. The van der Waals surface area contributed by atoms with Crippen LogP contribution in [-0.2, 0) is 9.47 Å². The van der Waals surface area contributed by atoms with Crippen molar-refractivity contribution in [3.63, 3.8) is 0 Å². The van der Waals surface area contributed by atoms with Crippen molar-refractivity contribution in [1.82, 2.24) is 0 Å². The fourth-order valence-electron chi connectivity index (χ4n) is 1.42. The Kier molecular flexibility index (Phi) is 3.94. The van der Waals surface area contributed by atoms with Crippen LogP contribution in [0, 0.1) is 0 Å². The van der Waals surface area contributed by atoms with E-state index in [1.807, 2.05) is 6.92 Å². The van der Waals surface area contributed by atoms with Crippen molar-refractivity contribution in [2.75, 3.05) is 13.2 Å². The van der Waals surface area contributed by atoms with Crippen molar-refractivity contribution in [1.29, 1.82) is 0 Å². The molecule has 4 heteroatoms. The van der Waals surface area contributed by atoms with Crippen molar-refractivity contribution >= 4 is 0 Å². The lowest BCUT2D eigenvalue weighted by atomic mass is 10.0. The summed E-state index contributed by atoms with van der Waals surface area (Å²) in [6.07, 6.45) is 1.69. The number of hydrogen-bond donors (Lipinski definition) is 2. The van der Waals surface area contributed by atoms with Crippen LogP contribution >= 0.6 is 0 Å². The Hall–Kier alpha value is -0.160. The van der Waals surface area contributed by atoms with Gasteiger partial charge in [0.2, 0.25) is 0 Å². The lowest BCUT2D eigenvalue weighted by molar-refractivity contribution is -0.193. The molecule has 0 saturated carbocycles. The SMILES string of the molecule is CCO[C@@H]1CC[C@@H](N)[C@@H](CN)O1. The predicted octanol–water partition coefficient (Wildman–Crippen LogP) is -0.186. The van der Waals surface area contributed by atoms with Crippen molar-refractivity contribution in [3.05, 3.63) is 0 Å². The molecule has 0 aromatic heterocycles. The van der Waals surface area contributed by atoms with Crippen molar-refractivity contribution in [2.24, 2.45) is 11.5 Å². The molecule has 1 saturated heterocycles. The van der Waals surface area contributed by atoms with Gasteiger partial charge in [-0.05, 0) is 19.8 Å². The monoisotopic (exact) mass is 174 g/mol. The summed E-state index contributed by atoms with van der Waals surface area (Å²) < 4.78 is 10.8. The largest absolute Gasteiger partial charge is 0.353 e. The van der Waals surface area contributed by atoms with Gasteiger partial charge in [-0.3, -0.25) is 0 Å². The first kappa shape index (κ1) is 9.92. The summed E-state index contributed by atoms with van der Waals surface area (Å²) in [7, 11) is 0. The Morgan fingerprint density at radius 2 is 2.25 bits per heavy atom. The Morgan fingerprint density at radius 3 is 2.83 bits per heavy atom. The first-order valence-electron chi connectivity index (χ1n) is 4.50. The Labute approximate surface area is 73.2 Å². The van der Waals surface area contributed by atoms with Gasteiger partial charge in [0.25, 0.3) is 0 Å². The molecule has 1 rings (SSSR count). The van der Waals surface area contributed by atoms with E-state index >= 15 is 0 Å². The van der Waals surface area contributed by atoms with E-state index in [9.17, 15) is 0 Å². The summed E-state index contributed by atoms with van der Waals surface area (Å²) in [6.45, 7) is 3.11. The zero-order valence-electron chi connectivity index (χ0n) is 7.53. The van der Waals surface area contributed by atoms with Gasteiger partial charge >= 0.3 is 0 Å². The normalized spacial score (nSPS) is 36.8. The van der Waals surface area contributed by atoms with Crippen molar-refractivity contribution in [2.45, 2.75) is 38.2 Å². The van der Waals surface area contributed by atoms with Crippen LogP contribution in [0.5, 0.6) is 0 Å². The van der Waals surface area contributed by atoms with E-state index in [1.165, 1.54) is 0 Å². The van der Waals surface area contributed by atoms with Crippen LogP contribution in [0.4, 0.5) is 0 Å². The van der Waals surface area contributed by atoms with Crippen LogP contribution < -0.4 is 11.5 Å². The third-order valence-corrected chi connectivity index (χ3v) is 2.12. The number of nitrogens with two attached hydrogens (primary N) is 2. The van der Waals surface area contributed by atoms with Crippen LogP contribution in [0.3, 0.4) is 0 Å². The van der Waals surface area contributed by atoms with E-state index in [-0.39, 0.29) is 18.4 Å². The molecule has 72 valence electrons. The van der Waals surface area contributed by atoms with Gasteiger partial charge in [0.15, 0.2) is 6.29 Å². The molecule has 0 unspecified atom stereocenters. The second-order valence-corrected chi connectivity index (χ2v) is 3.04. The summed E-state index contributed by atoms with van der Waals surface area (Å²) in [4.78, 5) is 0. The molecule has 3 atom stereocenters. The van der Waals surface area contributed by atoms with Crippen LogP contribution in [0.2, 0.25) is 0 Å². The van der Waals surface area contributed by atoms with Gasteiger partial charge in [0, 0.05) is 19.2 Å². The molecule has 0 spiro atoms. The van der Waals surface area contributed by atoms with E-state index in [0.29, 0.717) is 13.2 Å². The van der Waals surface area contributed by atoms with E-state index in [1.54, 1.807) is 0 Å². The van der Waals surface area contributed by atoms with Gasteiger partial charge in [0.1, 0.15) is 0 Å². The van der Waals surface area contributed by atoms with Gasteiger partial charge in [-0.2, -0.15) is 0 Å². The smallest absolute Gasteiger partial charge is 0.158 e. The summed E-state index contributed by atoms with van der Waals surface area (Å²) >= 11 is 0. The highest BCUT2D eigenvalue weighted by molar-refractivity contribution is 4.79. The van der Waals surface area contributed by atoms with Crippen LogP contribution in [0.1, 0.15) is 19.8 Å². The third kappa shape index (κ3) is 2.42. The average Bonchev–Trinajstić information content (AvgIpc) is 2.09. The first-order chi connectivity index (χ1) is 5.77. The molecule has 1 aliphatic rings. The van der Waals surface area contributed by atoms with Gasteiger partial charge in [-0.1, -0.05) is 0 Å². The minimum Gasteiger partial charge on any atom is -0.353 e. The van der Waals surface area contributed by atoms with E-state index in [0.717, 1.165) is 12.8 Å². The molecule has 4 N–H and O–H groups in total. The quantitative estimate of drug-likeness (QED) is 0.622. The van der Waals surface area contributed by atoms with Crippen LogP contribution in [0.15, 0.2) is 0 Å². The molecule has 1 fully saturated rings. The second-order valence-electron chi connectivity index (χ2n) is 3.04. The molecule has 1 heterocycles. The zero-order valence-corrected chi connectivity index (χ0v) is 7.53. The minimum absolute atomic E-state index is 0.0321. The summed E-state index contributed by atoms with van der Waals surface area (Å²) in [6, 6.07) is 0.0757. The minimum atomic E-state index is -0.0941. The van der Waals surface area contributed by atoms with Gasteiger partial charge in [-0.15, -0.1) is 0 Å². The summed E-state index contributed by atoms with van der Waals surface area (Å²) in [5.74, 6) is 0. The van der Waals surface area contributed by atoms with Crippen molar-refractivity contribution < 1.29 is 9.47 Å². The predicted molar refractivity (Wildman–Crippen MR) is 46.6 cm³/mol. The maximum absolute atomic E-state index is 5.79. The van der Waals surface area contributed by atoms with Crippen LogP contribution in [-0.4, -0.2) is 31.6 Å². The molecule has 0 aromatic carbocycles. The fourth-order valence-corrected chi connectivity index (χ4v) is 1.42. The van der Waals surface area contributed by atoms with E-state index < -0.39 is 0 Å².